The summed E-state index contributed by atoms with van der Waals surface area (Å²) in [6, 6.07) is 0.0108. The topological polar surface area (TPSA) is 73.1 Å². The molecule has 1 amide bonds. The predicted octanol–water partition coefficient (Wildman–Crippen LogP) is 3.13. The fourth-order valence-corrected chi connectivity index (χ4v) is 3.12. The van der Waals surface area contributed by atoms with Gasteiger partial charge in [0.1, 0.15) is 5.60 Å². The molecular weight excluding hydrogens is 330 g/mol. The molecule has 8 heteroatoms. The first-order valence-corrected chi connectivity index (χ1v) is 8.46. The zero-order valence-electron chi connectivity index (χ0n) is 14.4. The molecule has 0 N–H and O–H groups in total. The van der Waals surface area contributed by atoms with Crippen LogP contribution in [-0.4, -0.2) is 48.9 Å². The van der Waals surface area contributed by atoms with Crippen LogP contribution in [0.5, 0.6) is 0 Å². The van der Waals surface area contributed by atoms with E-state index in [9.17, 15) is 4.79 Å². The number of carbonyl (C=O) groups excluding carboxylic acids is 1. The number of likely N-dealkylation sites (tertiary alicyclic amines) is 1. The fourth-order valence-electron chi connectivity index (χ4n) is 2.99. The minimum Gasteiger partial charge on any atom is -0.444 e. The standard InChI is InChI=1S/C16H22ClN5O2/c1-10-5-6-21(15(23)24-16(2,3)4)12(10)9-22-13-11(8-19-22)7-18-14(17)20-13/h7-8,10,12H,5-6,9H2,1-4H3. The molecule has 0 saturated carbocycles. The highest BCUT2D eigenvalue weighted by Crippen LogP contribution is 2.28. The second-order valence-electron chi connectivity index (χ2n) is 7.25. The van der Waals surface area contributed by atoms with E-state index in [2.05, 4.69) is 22.0 Å². The molecule has 0 radical (unpaired) electrons. The van der Waals surface area contributed by atoms with Crippen molar-refractivity contribution in [3.63, 3.8) is 0 Å². The molecule has 24 heavy (non-hydrogen) atoms. The normalized spacial score (nSPS) is 21.5. The number of fused-ring (bicyclic) bond motifs is 1. The molecule has 0 aliphatic carbocycles. The van der Waals surface area contributed by atoms with Gasteiger partial charge in [0.15, 0.2) is 5.65 Å². The Hall–Kier alpha value is -1.89. The van der Waals surface area contributed by atoms with Gasteiger partial charge in [-0.05, 0) is 44.7 Å². The number of hydrogen-bond donors (Lipinski definition) is 0. The number of ether oxygens (including phenoxy) is 1. The lowest BCUT2D eigenvalue weighted by molar-refractivity contribution is 0.0194. The van der Waals surface area contributed by atoms with Gasteiger partial charge in [-0.2, -0.15) is 10.1 Å². The predicted molar refractivity (Wildman–Crippen MR) is 90.8 cm³/mol. The lowest BCUT2D eigenvalue weighted by Gasteiger charge is -2.30. The van der Waals surface area contributed by atoms with Crippen molar-refractivity contribution in [2.75, 3.05) is 6.54 Å². The van der Waals surface area contributed by atoms with E-state index >= 15 is 0 Å². The molecule has 2 aromatic rings. The Labute approximate surface area is 146 Å². The van der Waals surface area contributed by atoms with Crippen molar-refractivity contribution < 1.29 is 9.53 Å². The van der Waals surface area contributed by atoms with E-state index in [1.807, 2.05) is 20.8 Å². The Kier molecular flexibility index (Phi) is 4.38. The van der Waals surface area contributed by atoms with E-state index in [0.29, 0.717) is 24.7 Å². The molecule has 130 valence electrons. The number of amides is 1. The van der Waals surface area contributed by atoms with Crippen molar-refractivity contribution in [3.05, 3.63) is 17.7 Å². The maximum absolute atomic E-state index is 12.5. The summed E-state index contributed by atoms with van der Waals surface area (Å²) in [7, 11) is 0. The van der Waals surface area contributed by atoms with Crippen molar-refractivity contribution in [2.45, 2.75) is 52.3 Å². The maximum Gasteiger partial charge on any atom is 0.410 e. The average molecular weight is 352 g/mol. The first-order chi connectivity index (χ1) is 11.2. The molecule has 7 nitrogen and oxygen atoms in total. The molecule has 1 saturated heterocycles. The summed E-state index contributed by atoms with van der Waals surface area (Å²) in [6.07, 6.45) is 4.03. The lowest BCUT2D eigenvalue weighted by Crippen LogP contribution is -2.43. The van der Waals surface area contributed by atoms with Crippen LogP contribution in [0.4, 0.5) is 4.79 Å². The largest absolute Gasteiger partial charge is 0.444 e. The number of nitrogens with zero attached hydrogens (tertiary/aromatic N) is 5. The summed E-state index contributed by atoms with van der Waals surface area (Å²) in [5.41, 5.74) is 0.172. The molecule has 3 rings (SSSR count). The van der Waals surface area contributed by atoms with Crippen molar-refractivity contribution in [1.82, 2.24) is 24.6 Å². The van der Waals surface area contributed by atoms with Gasteiger partial charge in [-0.25, -0.2) is 14.5 Å². The van der Waals surface area contributed by atoms with Crippen LogP contribution in [0.3, 0.4) is 0 Å². The van der Waals surface area contributed by atoms with Crippen LogP contribution >= 0.6 is 11.6 Å². The minimum atomic E-state index is -0.507. The smallest absolute Gasteiger partial charge is 0.410 e. The number of halogens is 1. The van der Waals surface area contributed by atoms with Crippen LogP contribution in [0, 0.1) is 5.92 Å². The van der Waals surface area contributed by atoms with Crippen molar-refractivity contribution in [3.8, 4) is 0 Å². The van der Waals surface area contributed by atoms with Crippen LogP contribution in [0.25, 0.3) is 11.0 Å². The van der Waals surface area contributed by atoms with Crippen LogP contribution in [0.1, 0.15) is 34.1 Å². The summed E-state index contributed by atoms with van der Waals surface area (Å²) >= 11 is 5.90. The van der Waals surface area contributed by atoms with Gasteiger partial charge < -0.3 is 9.64 Å². The second kappa shape index (κ2) is 6.20. The molecule has 2 atom stereocenters. The van der Waals surface area contributed by atoms with E-state index in [0.717, 1.165) is 11.8 Å². The Morgan fingerprint density at radius 3 is 2.88 bits per heavy atom. The highest BCUT2D eigenvalue weighted by molar-refractivity contribution is 6.28. The van der Waals surface area contributed by atoms with Crippen LogP contribution in [0.2, 0.25) is 5.28 Å². The van der Waals surface area contributed by atoms with E-state index in [1.54, 1.807) is 22.0 Å². The van der Waals surface area contributed by atoms with E-state index in [-0.39, 0.29) is 17.4 Å². The molecule has 1 aliphatic rings. The number of carbonyl (C=O) groups is 1. The molecule has 0 spiro atoms. The summed E-state index contributed by atoms with van der Waals surface area (Å²) in [5, 5.41) is 5.39. The maximum atomic E-state index is 12.5. The van der Waals surface area contributed by atoms with Gasteiger partial charge in [-0.15, -0.1) is 0 Å². The van der Waals surface area contributed by atoms with Crippen LogP contribution in [-0.2, 0) is 11.3 Å². The Balaban J connectivity index is 1.83. The monoisotopic (exact) mass is 351 g/mol. The zero-order chi connectivity index (χ0) is 17.5. The third-order valence-corrected chi connectivity index (χ3v) is 4.40. The molecule has 3 heterocycles. The average Bonchev–Trinajstić information content (AvgIpc) is 3.02. The number of hydrogen-bond acceptors (Lipinski definition) is 5. The van der Waals surface area contributed by atoms with E-state index in [1.165, 1.54) is 0 Å². The van der Waals surface area contributed by atoms with Gasteiger partial charge in [0.25, 0.3) is 0 Å². The van der Waals surface area contributed by atoms with Crippen LogP contribution < -0.4 is 0 Å². The van der Waals surface area contributed by atoms with Gasteiger partial charge in [0.05, 0.1) is 24.2 Å². The third kappa shape index (κ3) is 3.45. The van der Waals surface area contributed by atoms with Crippen molar-refractivity contribution >= 4 is 28.7 Å². The van der Waals surface area contributed by atoms with Gasteiger partial charge in [-0.1, -0.05) is 6.92 Å². The molecule has 1 fully saturated rings. The second-order valence-corrected chi connectivity index (χ2v) is 7.59. The Morgan fingerprint density at radius 1 is 1.42 bits per heavy atom. The number of aromatic nitrogens is 4. The summed E-state index contributed by atoms with van der Waals surface area (Å²) in [4.78, 5) is 22.5. The highest BCUT2D eigenvalue weighted by Gasteiger charge is 2.37. The zero-order valence-corrected chi connectivity index (χ0v) is 15.1. The summed E-state index contributed by atoms with van der Waals surface area (Å²) in [6.45, 7) is 9.01. The quantitative estimate of drug-likeness (QED) is 0.777. The van der Waals surface area contributed by atoms with E-state index in [4.69, 9.17) is 16.3 Å². The third-order valence-electron chi connectivity index (χ3n) is 4.22. The van der Waals surface area contributed by atoms with Gasteiger partial charge >= 0.3 is 6.09 Å². The first kappa shape index (κ1) is 17.0. The Bertz CT molecular complexity index is 754. The van der Waals surface area contributed by atoms with Crippen molar-refractivity contribution in [1.29, 1.82) is 0 Å². The van der Waals surface area contributed by atoms with Gasteiger partial charge in [-0.3, -0.25) is 0 Å². The molecule has 1 aliphatic heterocycles. The molecule has 0 bridgehead atoms. The number of rotatable bonds is 2. The first-order valence-electron chi connectivity index (χ1n) is 8.08. The Morgan fingerprint density at radius 2 is 2.17 bits per heavy atom. The van der Waals surface area contributed by atoms with Gasteiger partial charge in [0.2, 0.25) is 5.28 Å². The minimum absolute atomic E-state index is 0.0108. The lowest BCUT2D eigenvalue weighted by atomic mass is 10.0. The van der Waals surface area contributed by atoms with Crippen molar-refractivity contribution in [2.24, 2.45) is 5.92 Å². The molecule has 0 aromatic carbocycles. The highest BCUT2D eigenvalue weighted by atomic mass is 35.5. The summed E-state index contributed by atoms with van der Waals surface area (Å²) in [5.74, 6) is 0.356. The summed E-state index contributed by atoms with van der Waals surface area (Å²) < 4.78 is 7.32. The molecule has 2 unspecified atom stereocenters. The van der Waals surface area contributed by atoms with Crippen LogP contribution in [0.15, 0.2) is 12.4 Å². The molecular formula is C16H22ClN5O2. The fraction of sp³-hybridized carbons (Fsp3) is 0.625. The SMILES string of the molecule is CC1CCN(C(=O)OC(C)(C)C)C1Cn1ncc2cnc(Cl)nc21. The van der Waals surface area contributed by atoms with E-state index < -0.39 is 5.60 Å². The van der Waals surface area contributed by atoms with Gasteiger partial charge in [0, 0.05) is 12.7 Å². The molecule has 2 aromatic heterocycles.